The first-order valence-corrected chi connectivity index (χ1v) is 40.5. The van der Waals surface area contributed by atoms with E-state index in [1.807, 2.05) is 54.6 Å². The number of aliphatic hydroxyl groups excluding tert-OH is 3. The molecule has 33 heteroatoms. The molecular weight excluding hydrogens is 1680 g/mol. The van der Waals surface area contributed by atoms with Crippen LogP contribution in [0.1, 0.15) is 123 Å². The Hall–Kier alpha value is -10.9. The van der Waals surface area contributed by atoms with Crippen molar-refractivity contribution in [2.45, 2.75) is 40.4 Å². The number of carbonyl (C=O) groups is 6. The van der Waals surface area contributed by atoms with E-state index in [4.69, 9.17) is 31.6 Å². The van der Waals surface area contributed by atoms with E-state index in [-0.39, 0.29) is 110 Å². The van der Waals surface area contributed by atoms with Gasteiger partial charge in [0, 0.05) is 126 Å². The quantitative estimate of drug-likeness (QED) is 0.0186. The topological polar surface area (TPSA) is 429 Å². The first-order chi connectivity index (χ1) is 53.1. The van der Waals surface area contributed by atoms with E-state index in [1.165, 1.54) is 48.5 Å². The van der Waals surface area contributed by atoms with Gasteiger partial charge in [-0.1, -0.05) is 148 Å². The normalized spacial score (nSPS) is 12.8. The third kappa shape index (κ3) is 19.8. The van der Waals surface area contributed by atoms with Gasteiger partial charge in [-0.2, -0.15) is 15.8 Å². The van der Waals surface area contributed by atoms with Crippen LogP contribution in [0.4, 0.5) is 22.7 Å². The number of halogens is 3. The second-order valence-electron chi connectivity index (χ2n) is 24.5. The number of amides is 4. The number of aliphatic hydroxyl groups is 3. The largest absolute Gasteiger partial charge is 1.00 e. The van der Waals surface area contributed by atoms with Gasteiger partial charge in [-0.15, -0.1) is 0 Å². The molecule has 0 spiro atoms. The number of benzene rings is 12. The van der Waals surface area contributed by atoms with Gasteiger partial charge in [-0.25, -0.2) is 39.5 Å². The van der Waals surface area contributed by atoms with Crippen LogP contribution in [-0.2, 0) is 29.1 Å². The summed E-state index contributed by atoms with van der Waals surface area (Å²) in [6.45, 7) is -0.525. The molecule has 3 unspecified atom stereocenters. The molecule has 3 radical (unpaired) electrons. The minimum Gasteiger partial charge on any atom is -1.00 e. The number of nitrogens with one attached hydrogen (secondary N) is 6. The molecule has 4 aliphatic heterocycles. The van der Waals surface area contributed by atoms with E-state index in [1.54, 1.807) is 140 Å². The standard InChI is InChI=1S/C20H15N3O4S.C20H16N2O6S.C11H6ClNO3S.C11H7NO.C9H8BrNO.C9H6BrNO.CH4.B.Na.H/c21-10-12-4-6-13(7-5-12)17(24)11-22-28(26,27)18-9-8-16-19-14(18)2-1-3-15(19)20(25)23-16;23-16(11-4-6-12(7-5-11)20(25)26)10-21-29(27,28)17-9-8-15-18-13(17)2-1-3-14(18)19(24)22-15;12-17(15,16)9-5-4-8-10-6(9)2-1-3-7(10)11(14)13-8;13-11-8-5-1-3-7-4-2-6-9(12-11)10(7)8;2*10-5-9(12)8-3-1-7(6-11)2-4-8;;;;/h1-9,17,22,24H,11H2,(H,23,25);1-9,16,21,23H,10H2,(H,22,24)(H,25,26);1-5H,(H,13,14);1-6H,(H,12,13);1-4,9,12H,5H2;1-4H,5H2;1H4;;;/q;;;;;;;;+1;-1. The molecule has 25 nitrogen and oxygen atoms in total. The van der Waals surface area contributed by atoms with Gasteiger partial charge >= 0.3 is 35.5 Å². The van der Waals surface area contributed by atoms with Gasteiger partial charge in [-0.05, 0) is 137 Å². The van der Waals surface area contributed by atoms with Crippen molar-refractivity contribution < 1.29 is 105 Å². The molecule has 16 rings (SSSR count). The number of nitrogens with zero attached hydrogens (tertiary/aromatic N) is 3. The van der Waals surface area contributed by atoms with Crippen LogP contribution in [0.2, 0.25) is 0 Å². The van der Waals surface area contributed by atoms with Crippen LogP contribution < -0.4 is 60.3 Å². The van der Waals surface area contributed by atoms with Crippen molar-refractivity contribution in [3.63, 3.8) is 0 Å². The van der Waals surface area contributed by atoms with E-state index in [0.717, 1.165) is 27.6 Å². The summed E-state index contributed by atoms with van der Waals surface area (Å²) in [6, 6.07) is 66.5. The first kappa shape index (κ1) is 88.7. The molecule has 3 atom stereocenters. The number of carboxylic acids is 1. The van der Waals surface area contributed by atoms with Crippen LogP contribution in [0, 0.1) is 34.0 Å². The van der Waals surface area contributed by atoms with Crippen LogP contribution in [0.3, 0.4) is 0 Å². The van der Waals surface area contributed by atoms with Gasteiger partial charge in [0.1, 0.15) is 0 Å². The van der Waals surface area contributed by atoms with Crippen molar-refractivity contribution in [2.75, 3.05) is 45.0 Å². The van der Waals surface area contributed by atoms with Crippen LogP contribution in [0.5, 0.6) is 0 Å². The molecule has 571 valence electrons. The number of rotatable bonds is 16. The van der Waals surface area contributed by atoms with Gasteiger partial charge < -0.3 is 43.1 Å². The number of sulfonamides is 2. The van der Waals surface area contributed by atoms with Gasteiger partial charge in [0.2, 0.25) is 20.0 Å². The summed E-state index contributed by atoms with van der Waals surface area (Å²) in [5.41, 5.74) is 8.81. The Labute approximate surface area is 700 Å². The molecule has 10 N–H and O–H groups in total. The van der Waals surface area contributed by atoms with Crippen molar-refractivity contribution in [1.29, 1.82) is 15.8 Å². The molecule has 4 aliphatic rings. The van der Waals surface area contributed by atoms with E-state index in [9.17, 15) is 69.3 Å². The number of anilines is 4. The number of alkyl halides is 2. The Morgan fingerprint density at radius 3 is 1.09 bits per heavy atom. The summed E-state index contributed by atoms with van der Waals surface area (Å²) in [4.78, 5) is 69.1. The number of hydrogen-bond donors (Lipinski definition) is 10. The Morgan fingerprint density at radius 1 is 0.430 bits per heavy atom. The predicted octanol–water partition coefficient (Wildman–Crippen LogP) is 10.6. The molecule has 0 saturated carbocycles. The van der Waals surface area contributed by atoms with E-state index >= 15 is 0 Å². The number of carbonyl (C=O) groups excluding carboxylic acids is 5. The number of Topliss-reactive ketones (excluding diaryl/α,β-unsaturated/α-hetero) is 1. The Morgan fingerprint density at radius 2 is 0.737 bits per heavy atom. The Kier molecular flexibility index (Phi) is 29.8. The molecule has 114 heavy (non-hydrogen) atoms. The van der Waals surface area contributed by atoms with Crippen LogP contribution >= 0.6 is 42.5 Å². The first-order valence-electron chi connectivity index (χ1n) is 33.0. The fourth-order valence-electron chi connectivity index (χ4n) is 12.2. The minimum absolute atomic E-state index is 0. The minimum atomic E-state index is -3.98. The summed E-state index contributed by atoms with van der Waals surface area (Å²) in [7, 11) is -6.36. The monoisotopic (exact) mass is 1740 g/mol. The average Bonchev–Trinajstić information content (AvgIpc) is 1.63. The van der Waals surface area contributed by atoms with Crippen molar-refractivity contribution in [3.8, 4) is 18.2 Å². The maximum atomic E-state index is 12.8. The molecule has 12 aromatic carbocycles. The molecule has 0 fully saturated rings. The molecule has 0 saturated heterocycles. The fourth-order valence-corrected chi connectivity index (χ4v) is 16.4. The van der Waals surface area contributed by atoms with E-state index < -0.39 is 53.4 Å². The summed E-state index contributed by atoms with van der Waals surface area (Å²) < 4.78 is 79.0. The number of carboxylic acid groups (broad SMARTS) is 1. The van der Waals surface area contributed by atoms with Crippen LogP contribution in [0.15, 0.2) is 239 Å². The number of nitriles is 3. The maximum absolute atomic E-state index is 12.8. The third-order valence-corrected chi connectivity index (χ3v) is 23.1. The molecule has 12 aromatic rings. The Balaban J connectivity index is 0.000000197. The van der Waals surface area contributed by atoms with Crippen molar-refractivity contribution in [1.82, 2.24) is 9.44 Å². The average molecular weight is 1740 g/mol. The molecular formula is C81H63BBr2ClN9NaO16S3. The predicted molar refractivity (Wildman–Crippen MR) is 438 cm³/mol. The fraction of sp³-hybridized carbons (Fsp3) is 0.0988. The molecule has 0 bridgehead atoms. The zero-order chi connectivity index (χ0) is 79.6. The zero-order valence-electron chi connectivity index (χ0n) is 59.9. The molecule has 0 aromatic heterocycles. The Bertz CT molecular complexity index is 6280. The van der Waals surface area contributed by atoms with E-state index in [2.05, 4.69) is 62.6 Å². The van der Waals surface area contributed by atoms with E-state index in [0.29, 0.717) is 110 Å². The van der Waals surface area contributed by atoms with Crippen molar-refractivity contribution >= 4 is 181 Å². The number of ketones is 1. The van der Waals surface area contributed by atoms with Crippen molar-refractivity contribution in [2.24, 2.45) is 0 Å². The van der Waals surface area contributed by atoms with Crippen molar-refractivity contribution in [3.05, 3.63) is 291 Å². The smallest absolute Gasteiger partial charge is 1.00 e. The van der Waals surface area contributed by atoms with Gasteiger partial charge in [0.05, 0.1) is 78.8 Å². The summed E-state index contributed by atoms with van der Waals surface area (Å²) >= 11 is 6.24. The molecule has 4 amide bonds. The number of aromatic carboxylic acids is 1. The third-order valence-electron chi connectivity index (χ3n) is 17.6. The zero-order valence-corrected chi connectivity index (χ0v) is 67.3. The van der Waals surface area contributed by atoms with Gasteiger partial charge in [0.25, 0.3) is 32.7 Å². The summed E-state index contributed by atoms with van der Waals surface area (Å²) in [5, 5.41) is 81.6. The van der Waals surface area contributed by atoms with Crippen LogP contribution in [-0.4, -0.2) is 113 Å². The van der Waals surface area contributed by atoms with Gasteiger partial charge in [0.15, 0.2) is 5.78 Å². The molecule has 0 aliphatic carbocycles. The van der Waals surface area contributed by atoms with Crippen LogP contribution in [0.25, 0.3) is 43.1 Å². The SMILES string of the molecule is C.N#Cc1ccc(C(=O)CBr)cc1.N#Cc1ccc(C(O)CBr)cc1.N#Cc1ccc(C(O)CNS(=O)(=O)c2ccc3c4c(cccc24)C(=O)N3)cc1.O=C(O)c1ccc(C(O)CNS(=O)(=O)c2ccc3c4c(cccc24)C(=O)N3)cc1.O=C1Nc2ccc(S(=O)(=O)Cl)c3cccc1c23.O=C1Nc2cccc3cccc1c23.[B].[H-].[Na+]. The molecule has 4 heterocycles. The van der Waals surface area contributed by atoms with Gasteiger partial charge in [-0.3, -0.25) is 24.0 Å². The second kappa shape index (κ2) is 38.3. The maximum Gasteiger partial charge on any atom is 1.00 e. The number of hydrogen-bond acceptors (Lipinski definition) is 18. The summed E-state index contributed by atoms with van der Waals surface area (Å²) in [6.07, 6.45) is -2.71. The second-order valence-corrected chi connectivity index (χ2v) is 31.7. The summed E-state index contributed by atoms with van der Waals surface area (Å²) in [5.74, 6) is -1.83.